The van der Waals surface area contributed by atoms with Crippen LogP contribution in [0.4, 0.5) is 0 Å². The van der Waals surface area contributed by atoms with Crippen molar-refractivity contribution >= 4 is 17.6 Å². The lowest BCUT2D eigenvalue weighted by molar-refractivity contribution is -0.0164. The van der Waals surface area contributed by atoms with Crippen molar-refractivity contribution in [3.8, 4) is 5.75 Å². The van der Waals surface area contributed by atoms with E-state index in [1.165, 1.54) is 12.1 Å². The van der Waals surface area contributed by atoms with Gasteiger partial charge in [0.2, 0.25) is 0 Å². The van der Waals surface area contributed by atoms with E-state index in [4.69, 9.17) is 26.2 Å². The molecule has 1 aromatic rings. The van der Waals surface area contributed by atoms with Gasteiger partial charge in [-0.2, -0.15) is 0 Å². The van der Waals surface area contributed by atoms with Gasteiger partial charge in [0.25, 0.3) is 0 Å². The highest BCUT2D eigenvalue weighted by atomic mass is 35.5. The number of carbonyl (C=O) groups is 1. The molecule has 0 radical (unpaired) electrons. The van der Waals surface area contributed by atoms with Gasteiger partial charge in [-0.3, -0.25) is 0 Å². The Morgan fingerprint density at radius 2 is 2.29 bits per heavy atom. The van der Waals surface area contributed by atoms with Crippen LogP contribution in [-0.2, 0) is 11.3 Å². The molecule has 0 saturated carbocycles. The number of carboxylic acid groups (broad SMARTS) is 1. The molecular formula is C9H7ClO4. The second kappa shape index (κ2) is 3.48. The standard InChI is InChI=1S/C9H7ClO4/c10-7-2-8-5(3-13-4-14-8)1-6(7)9(11)12/h1-2H,3-4H2,(H,11,12). The van der Waals surface area contributed by atoms with Gasteiger partial charge in [0.15, 0.2) is 6.79 Å². The molecule has 1 N–H and O–H groups in total. The van der Waals surface area contributed by atoms with E-state index >= 15 is 0 Å². The third-order valence-electron chi connectivity index (χ3n) is 1.94. The normalized spacial score (nSPS) is 14.4. The number of halogens is 1. The maximum absolute atomic E-state index is 10.7. The van der Waals surface area contributed by atoms with E-state index in [2.05, 4.69) is 0 Å². The van der Waals surface area contributed by atoms with Crippen molar-refractivity contribution in [2.24, 2.45) is 0 Å². The van der Waals surface area contributed by atoms with Gasteiger partial charge < -0.3 is 14.6 Å². The monoisotopic (exact) mass is 214 g/mol. The Morgan fingerprint density at radius 3 is 3.00 bits per heavy atom. The van der Waals surface area contributed by atoms with Crippen molar-refractivity contribution in [1.82, 2.24) is 0 Å². The van der Waals surface area contributed by atoms with Crippen LogP contribution in [0.1, 0.15) is 15.9 Å². The number of carboxylic acids is 1. The van der Waals surface area contributed by atoms with Crippen molar-refractivity contribution in [2.75, 3.05) is 6.79 Å². The van der Waals surface area contributed by atoms with E-state index < -0.39 is 5.97 Å². The quantitative estimate of drug-likeness (QED) is 0.776. The highest BCUT2D eigenvalue weighted by molar-refractivity contribution is 6.33. The Balaban J connectivity index is 2.50. The number of aromatic carboxylic acids is 1. The van der Waals surface area contributed by atoms with Gasteiger partial charge >= 0.3 is 5.97 Å². The summed E-state index contributed by atoms with van der Waals surface area (Å²) in [6, 6.07) is 2.97. The van der Waals surface area contributed by atoms with Gasteiger partial charge in [-0.15, -0.1) is 0 Å². The molecule has 5 heteroatoms. The maximum atomic E-state index is 10.7. The molecule has 2 rings (SSSR count). The van der Waals surface area contributed by atoms with Gasteiger partial charge in [0, 0.05) is 11.6 Å². The molecule has 0 amide bonds. The van der Waals surface area contributed by atoms with E-state index in [1.54, 1.807) is 0 Å². The Hall–Kier alpha value is -1.26. The van der Waals surface area contributed by atoms with Gasteiger partial charge in [-0.25, -0.2) is 4.79 Å². The van der Waals surface area contributed by atoms with Crippen LogP contribution in [0.25, 0.3) is 0 Å². The van der Waals surface area contributed by atoms with Gasteiger partial charge in [-0.1, -0.05) is 11.6 Å². The first-order valence-electron chi connectivity index (χ1n) is 3.95. The predicted octanol–water partition coefficient (Wildman–Crippen LogP) is 1.90. The van der Waals surface area contributed by atoms with E-state index in [-0.39, 0.29) is 17.4 Å². The van der Waals surface area contributed by atoms with E-state index in [1.807, 2.05) is 0 Å². The molecule has 0 fully saturated rings. The van der Waals surface area contributed by atoms with E-state index in [0.29, 0.717) is 17.9 Å². The third kappa shape index (κ3) is 1.54. The molecule has 1 heterocycles. The molecule has 0 spiro atoms. The topological polar surface area (TPSA) is 55.8 Å². The first-order chi connectivity index (χ1) is 6.68. The Bertz CT molecular complexity index is 389. The molecule has 0 bridgehead atoms. The average Bonchev–Trinajstić information content (AvgIpc) is 2.16. The highest BCUT2D eigenvalue weighted by Crippen LogP contribution is 2.30. The van der Waals surface area contributed by atoms with Crippen LogP contribution in [0.15, 0.2) is 12.1 Å². The molecule has 4 nitrogen and oxygen atoms in total. The number of fused-ring (bicyclic) bond motifs is 1. The molecule has 1 aliphatic rings. The Morgan fingerprint density at radius 1 is 1.50 bits per heavy atom. The van der Waals surface area contributed by atoms with Gasteiger partial charge in [-0.05, 0) is 6.07 Å². The molecule has 0 saturated heterocycles. The van der Waals surface area contributed by atoms with Crippen LogP contribution in [0.3, 0.4) is 0 Å². The molecule has 0 atom stereocenters. The minimum atomic E-state index is -1.05. The summed E-state index contributed by atoms with van der Waals surface area (Å²) < 4.78 is 10.2. The molecule has 1 aromatic carbocycles. The molecule has 1 aliphatic heterocycles. The van der Waals surface area contributed by atoms with Crippen LogP contribution in [0, 0.1) is 0 Å². The summed E-state index contributed by atoms with van der Waals surface area (Å²) in [5.41, 5.74) is 0.776. The number of hydrogen-bond donors (Lipinski definition) is 1. The molecule has 74 valence electrons. The van der Waals surface area contributed by atoms with Crippen LogP contribution < -0.4 is 4.74 Å². The Kier molecular flexibility index (Phi) is 2.31. The number of ether oxygens (including phenoxy) is 2. The predicted molar refractivity (Wildman–Crippen MR) is 48.7 cm³/mol. The summed E-state index contributed by atoms with van der Waals surface area (Å²) >= 11 is 5.75. The summed E-state index contributed by atoms with van der Waals surface area (Å²) in [6.07, 6.45) is 0. The third-order valence-corrected chi connectivity index (χ3v) is 2.25. The smallest absolute Gasteiger partial charge is 0.337 e. The zero-order chi connectivity index (χ0) is 10.1. The van der Waals surface area contributed by atoms with Crippen LogP contribution in [0.5, 0.6) is 5.75 Å². The maximum Gasteiger partial charge on any atom is 0.337 e. The summed E-state index contributed by atoms with van der Waals surface area (Å²) in [5.74, 6) is -0.463. The van der Waals surface area contributed by atoms with Crippen LogP contribution >= 0.6 is 11.6 Å². The second-order valence-corrected chi connectivity index (χ2v) is 3.26. The van der Waals surface area contributed by atoms with Crippen molar-refractivity contribution < 1.29 is 19.4 Å². The molecule has 0 unspecified atom stereocenters. The summed E-state index contributed by atoms with van der Waals surface area (Å²) in [6.45, 7) is 0.530. The fourth-order valence-electron chi connectivity index (χ4n) is 1.27. The minimum Gasteiger partial charge on any atom is -0.478 e. The zero-order valence-electron chi connectivity index (χ0n) is 7.12. The van der Waals surface area contributed by atoms with Crippen molar-refractivity contribution in [1.29, 1.82) is 0 Å². The summed E-state index contributed by atoms with van der Waals surface area (Å²) in [7, 11) is 0. The fraction of sp³-hybridized carbons (Fsp3) is 0.222. The van der Waals surface area contributed by atoms with E-state index in [0.717, 1.165) is 0 Å². The minimum absolute atomic E-state index is 0.0690. The highest BCUT2D eigenvalue weighted by Gasteiger charge is 2.17. The molecule has 14 heavy (non-hydrogen) atoms. The lowest BCUT2D eigenvalue weighted by Gasteiger charge is -2.18. The van der Waals surface area contributed by atoms with Crippen molar-refractivity contribution in [3.63, 3.8) is 0 Å². The number of rotatable bonds is 1. The van der Waals surface area contributed by atoms with Gasteiger partial charge in [0.1, 0.15) is 5.75 Å². The largest absolute Gasteiger partial charge is 0.478 e. The van der Waals surface area contributed by atoms with E-state index in [9.17, 15) is 4.79 Å². The van der Waals surface area contributed by atoms with Gasteiger partial charge in [0.05, 0.1) is 17.2 Å². The Labute approximate surface area is 85.0 Å². The summed E-state index contributed by atoms with van der Waals surface area (Å²) in [5, 5.41) is 8.98. The SMILES string of the molecule is O=C(O)c1cc2c(cc1Cl)OCOC2. The molecule has 0 aliphatic carbocycles. The average molecular weight is 215 g/mol. The molecular weight excluding hydrogens is 208 g/mol. The lowest BCUT2D eigenvalue weighted by atomic mass is 10.1. The molecule has 0 aromatic heterocycles. The first kappa shape index (κ1) is 9.30. The number of benzene rings is 1. The lowest BCUT2D eigenvalue weighted by Crippen LogP contribution is -2.12. The zero-order valence-corrected chi connectivity index (χ0v) is 7.87. The van der Waals surface area contributed by atoms with Crippen LogP contribution in [0.2, 0.25) is 5.02 Å². The fourth-order valence-corrected chi connectivity index (χ4v) is 1.50. The summed E-state index contributed by atoms with van der Waals surface area (Å²) in [4.78, 5) is 10.7. The van der Waals surface area contributed by atoms with Crippen LogP contribution in [-0.4, -0.2) is 17.9 Å². The first-order valence-corrected chi connectivity index (χ1v) is 4.32. The van der Waals surface area contributed by atoms with Crippen molar-refractivity contribution in [3.05, 3.63) is 28.3 Å². The second-order valence-electron chi connectivity index (χ2n) is 2.86. The van der Waals surface area contributed by atoms with Crippen molar-refractivity contribution in [2.45, 2.75) is 6.61 Å². The number of hydrogen-bond acceptors (Lipinski definition) is 3.